The smallest absolute Gasteiger partial charge is 0.338 e. The number of ether oxygens (including phenoxy) is 1. The summed E-state index contributed by atoms with van der Waals surface area (Å²) in [6, 6.07) is 9.85. The summed E-state index contributed by atoms with van der Waals surface area (Å²) in [5.41, 5.74) is 1.02. The second kappa shape index (κ2) is 7.51. The highest BCUT2D eigenvalue weighted by atomic mass is 16.5. The quantitative estimate of drug-likeness (QED) is 0.653. The second-order valence-electron chi connectivity index (χ2n) is 6.84. The number of aromatic nitrogens is 3. The third-order valence-corrected chi connectivity index (χ3v) is 5.06. The number of benzene rings is 1. The van der Waals surface area contributed by atoms with Crippen LogP contribution < -0.4 is 0 Å². The Kier molecular flexibility index (Phi) is 4.89. The van der Waals surface area contributed by atoms with E-state index in [9.17, 15) is 14.7 Å². The Hall–Kier alpha value is -3.46. The zero-order valence-corrected chi connectivity index (χ0v) is 16.0. The molecule has 0 saturated heterocycles. The van der Waals surface area contributed by atoms with E-state index in [0.717, 1.165) is 5.82 Å². The first-order chi connectivity index (χ1) is 14.0. The molecule has 1 N–H and O–H groups in total. The first-order valence-corrected chi connectivity index (χ1v) is 9.10. The Labute approximate surface area is 166 Å². The molecule has 3 heterocycles. The SMILES string of the molecule is COC(=O)c1ccccc1-c1ccc(CN2Cc3nnc(C)n3CC2C(=O)O)o1. The van der Waals surface area contributed by atoms with Gasteiger partial charge in [0.1, 0.15) is 29.2 Å². The molecule has 4 rings (SSSR count). The Morgan fingerprint density at radius 1 is 1.24 bits per heavy atom. The third kappa shape index (κ3) is 3.52. The highest BCUT2D eigenvalue weighted by Gasteiger charge is 2.34. The number of esters is 1. The van der Waals surface area contributed by atoms with Gasteiger partial charge in [0.25, 0.3) is 0 Å². The maximum absolute atomic E-state index is 12.0. The van der Waals surface area contributed by atoms with Crippen molar-refractivity contribution in [3.05, 3.63) is 59.4 Å². The number of carbonyl (C=O) groups is 2. The van der Waals surface area contributed by atoms with Gasteiger partial charge in [0, 0.05) is 5.56 Å². The van der Waals surface area contributed by atoms with Gasteiger partial charge in [-0.15, -0.1) is 10.2 Å². The molecule has 1 atom stereocenters. The van der Waals surface area contributed by atoms with Gasteiger partial charge in [-0.1, -0.05) is 18.2 Å². The number of fused-ring (bicyclic) bond motifs is 1. The van der Waals surface area contributed by atoms with Crippen LogP contribution in [0.15, 0.2) is 40.8 Å². The molecule has 0 saturated carbocycles. The number of methoxy groups -OCH3 is 1. The van der Waals surface area contributed by atoms with Crippen molar-refractivity contribution >= 4 is 11.9 Å². The molecule has 1 aromatic carbocycles. The van der Waals surface area contributed by atoms with Gasteiger partial charge in [0.05, 0.1) is 32.3 Å². The standard InChI is InChI=1S/C20H20N4O5/c1-12-21-22-18-11-23(16(19(25)26)10-24(12)18)9-13-7-8-17(29-13)14-5-3-4-6-15(14)20(27)28-2/h3-8,16H,9-11H2,1-2H3,(H,25,26). The average Bonchev–Trinajstić information content (AvgIpc) is 3.33. The lowest BCUT2D eigenvalue weighted by atomic mass is 10.1. The molecule has 150 valence electrons. The number of aryl methyl sites for hydroxylation is 1. The predicted octanol–water partition coefficient (Wildman–Crippen LogP) is 2.10. The average molecular weight is 396 g/mol. The van der Waals surface area contributed by atoms with Crippen molar-refractivity contribution in [3.63, 3.8) is 0 Å². The van der Waals surface area contributed by atoms with E-state index < -0.39 is 18.0 Å². The van der Waals surface area contributed by atoms with Crippen LogP contribution in [0.5, 0.6) is 0 Å². The molecule has 0 aliphatic carbocycles. The number of hydrogen-bond acceptors (Lipinski definition) is 7. The lowest BCUT2D eigenvalue weighted by Gasteiger charge is -2.32. The van der Waals surface area contributed by atoms with E-state index in [1.54, 1.807) is 35.2 Å². The van der Waals surface area contributed by atoms with E-state index in [-0.39, 0.29) is 6.54 Å². The van der Waals surface area contributed by atoms with Crippen molar-refractivity contribution in [2.45, 2.75) is 32.6 Å². The van der Waals surface area contributed by atoms with Gasteiger partial charge in [-0.2, -0.15) is 0 Å². The molecule has 9 heteroatoms. The molecule has 9 nitrogen and oxygen atoms in total. The van der Waals surface area contributed by atoms with Crippen molar-refractivity contribution in [1.82, 2.24) is 19.7 Å². The molecule has 0 radical (unpaired) electrons. The molecule has 0 bridgehead atoms. The molecule has 1 aliphatic heterocycles. The minimum Gasteiger partial charge on any atom is -0.480 e. The van der Waals surface area contributed by atoms with Crippen molar-refractivity contribution in [2.24, 2.45) is 0 Å². The molecule has 0 fully saturated rings. The Morgan fingerprint density at radius 3 is 2.79 bits per heavy atom. The van der Waals surface area contributed by atoms with Gasteiger partial charge < -0.3 is 18.8 Å². The predicted molar refractivity (Wildman–Crippen MR) is 101 cm³/mol. The number of aliphatic carboxylic acids is 1. The van der Waals surface area contributed by atoms with E-state index >= 15 is 0 Å². The van der Waals surface area contributed by atoms with E-state index in [1.165, 1.54) is 7.11 Å². The molecular formula is C20H20N4O5. The van der Waals surface area contributed by atoms with Crippen molar-refractivity contribution in [2.75, 3.05) is 7.11 Å². The number of hydrogen-bond donors (Lipinski definition) is 1. The molecule has 1 unspecified atom stereocenters. The monoisotopic (exact) mass is 396 g/mol. The molecule has 1 aliphatic rings. The summed E-state index contributed by atoms with van der Waals surface area (Å²) in [6.45, 7) is 2.74. The van der Waals surface area contributed by atoms with Gasteiger partial charge in [-0.3, -0.25) is 9.69 Å². The van der Waals surface area contributed by atoms with Crippen LogP contribution in [0, 0.1) is 6.92 Å². The van der Waals surface area contributed by atoms with Crippen LogP contribution in [0.25, 0.3) is 11.3 Å². The Bertz CT molecular complexity index is 1070. The number of nitrogens with zero attached hydrogens (tertiary/aromatic N) is 4. The molecule has 0 amide bonds. The number of carbonyl (C=O) groups excluding carboxylic acids is 1. The molecular weight excluding hydrogens is 376 g/mol. The summed E-state index contributed by atoms with van der Waals surface area (Å²) >= 11 is 0. The fourth-order valence-corrected chi connectivity index (χ4v) is 3.55. The second-order valence-corrected chi connectivity index (χ2v) is 6.84. The summed E-state index contributed by atoms with van der Waals surface area (Å²) in [7, 11) is 1.33. The molecule has 3 aromatic rings. The summed E-state index contributed by atoms with van der Waals surface area (Å²) in [5, 5.41) is 17.8. The minimum absolute atomic E-state index is 0.280. The van der Waals surface area contributed by atoms with E-state index in [2.05, 4.69) is 10.2 Å². The van der Waals surface area contributed by atoms with Crippen LogP contribution in [-0.2, 0) is 29.2 Å². The first-order valence-electron chi connectivity index (χ1n) is 9.10. The lowest BCUT2D eigenvalue weighted by Crippen LogP contribution is -2.47. The number of furan rings is 1. The highest BCUT2D eigenvalue weighted by Crippen LogP contribution is 2.28. The van der Waals surface area contributed by atoms with Crippen LogP contribution in [0.4, 0.5) is 0 Å². The number of carboxylic acid groups (broad SMARTS) is 1. The van der Waals surface area contributed by atoms with Gasteiger partial charge in [-0.05, 0) is 25.1 Å². The van der Waals surface area contributed by atoms with Gasteiger partial charge in [0.15, 0.2) is 0 Å². The fraction of sp³-hybridized carbons (Fsp3) is 0.300. The van der Waals surface area contributed by atoms with Gasteiger partial charge in [0.2, 0.25) is 0 Å². The van der Waals surface area contributed by atoms with Crippen molar-refractivity contribution < 1.29 is 23.8 Å². The summed E-state index contributed by atoms with van der Waals surface area (Å²) < 4.78 is 12.6. The van der Waals surface area contributed by atoms with Gasteiger partial charge in [-0.25, -0.2) is 4.79 Å². The van der Waals surface area contributed by atoms with Crippen molar-refractivity contribution in [3.8, 4) is 11.3 Å². The maximum atomic E-state index is 12.0. The zero-order chi connectivity index (χ0) is 20.5. The van der Waals surface area contributed by atoms with Crippen LogP contribution in [0.3, 0.4) is 0 Å². The third-order valence-electron chi connectivity index (χ3n) is 5.06. The number of carboxylic acids is 1. The van der Waals surface area contributed by atoms with Crippen LogP contribution in [0.1, 0.15) is 27.8 Å². The molecule has 29 heavy (non-hydrogen) atoms. The van der Waals surface area contributed by atoms with E-state index in [1.807, 2.05) is 17.6 Å². The number of rotatable bonds is 5. The van der Waals surface area contributed by atoms with Crippen molar-refractivity contribution in [1.29, 1.82) is 0 Å². The first kappa shape index (κ1) is 18.9. The summed E-state index contributed by atoms with van der Waals surface area (Å²) in [4.78, 5) is 25.6. The van der Waals surface area contributed by atoms with Crippen LogP contribution >= 0.6 is 0 Å². The fourth-order valence-electron chi connectivity index (χ4n) is 3.55. The van der Waals surface area contributed by atoms with Crippen LogP contribution in [0.2, 0.25) is 0 Å². The minimum atomic E-state index is -0.911. The topological polar surface area (TPSA) is 111 Å². The van der Waals surface area contributed by atoms with E-state index in [4.69, 9.17) is 9.15 Å². The largest absolute Gasteiger partial charge is 0.480 e. The summed E-state index contributed by atoms with van der Waals surface area (Å²) in [6.07, 6.45) is 0. The summed E-state index contributed by atoms with van der Waals surface area (Å²) in [5.74, 6) is 1.18. The van der Waals surface area contributed by atoms with Gasteiger partial charge >= 0.3 is 11.9 Å². The van der Waals surface area contributed by atoms with E-state index in [0.29, 0.717) is 41.6 Å². The normalized spacial score (nSPS) is 16.4. The maximum Gasteiger partial charge on any atom is 0.338 e. The highest BCUT2D eigenvalue weighted by molar-refractivity contribution is 5.96. The molecule has 2 aromatic heterocycles. The molecule has 0 spiro atoms. The Balaban J connectivity index is 1.59. The van der Waals surface area contributed by atoms with Crippen LogP contribution in [-0.4, -0.2) is 49.9 Å². The Morgan fingerprint density at radius 2 is 2.03 bits per heavy atom. The lowest BCUT2D eigenvalue weighted by molar-refractivity contribution is -0.145. The zero-order valence-electron chi connectivity index (χ0n) is 16.0.